The molecule has 146 valence electrons. The minimum Gasteiger partial charge on any atom is -0.496 e. The highest BCUT2D eigenvalue weighted by Crippen LogP contribution is 2.35. The molecule has 1 aliphatic carbocycles. The molecule has 2 heterocycles. The Labute approximate surface area is 170 Å². The molecule has 1 amide bonds. The summed E-state index contributed by atoms with van der Waals surface area (Å²) in [5, 5.41) is 9.13. The van der Waals surface area contributed by atoms with Gasteiger partial charge in [-0.1, -0.05) is 24.5 Å². The smallest absolute Gasteiger partial charge is 0.243 e. The van der Waals surface area contributed by atoms with Gasteiger partial charge in [0.15, 0.2) is 5.13 Å². The highest BCUT2D eigenvalue weighted by Gasteiger charge is 2.38. The molecule has 1 aromatic heterocycles. The maximum absolute atomic E-state index is 12.6. The predicted molar refractivity (Wildman–Crippen MR) is 112 cm³/mol. The van der Waals surface area contributed by atoms with Crippen LogP contribution in [0.4, 0.5) is 5.13 Å². The molecule has 1 aromatic carbocycles. The highest BCUT2D eigenvalue weighted by molar-refractivity contribution is 7.14. The zero-order chi connectivity index (χ0) is 18.1. The van der Waals surface area contributed by atoms with E-state index < -0.39 is 0 Å². The van der Waals surface area contributed by atoms with Crippen molar-refractivity contribution >= 4 is 34.8 Å². The van der Waals surface area contributed by atoms with E-state index in [1.54, 1.807) is 7.11 Å². The third-order valence-corrected chi connectivity index (χ3v) is 6.30. The summed E-state index contributed by atoms with van der Waals surface area (Å²) in [7, 11) is 1.66. The topological polar surface area (TPSA) is 63.2 Å². The van der Waals surface area contributed by atoms with Crippen molar-refractivity contribution in [2.45, 2.75) is 51.1 Å². The van der Waals surface area contributed by atoms with Gasteiger partial charge < -0.3 is 15.4 Å². The second-order valence-corrected chi connectivity index (χ2v) is 8.19. The Morgan fingerprint density at radius 2 is 2.15 bits per heavy atom. The van der Waals surface area contributed by atoms with Gasteiger partial charge in [-0.2, -0.15) is 0 Å². The summed E-state index contributed by atoms with van der Waals surface area (Å²) in [4.78, 5) is 17.3. The minimum absolute atomic E-state index is 0. The number of fused-ring (bicyclic) bond motifs is 1. The van der Waals surface area contributed by atoms with Gasteiger partial charge in [-0.15, -0.1) is 23.7 Å². The molecule has 2 aliphatic rings. The number of methoxy groups -OCH3 is 1. The molecule has 1 saturated carbocycles. The second kappa shape index (κ2) is 8.59. The highest BCUT2D eigenvalue weighted by atomic mass is 35.5. The Balaban J connectivity index is 0.00000210. The molecule has 2 N–H and O–H groups in total. The van der Waals surface area contributed by atoms with E-state index in [2.05, 4.69) is 21.7 Å². The number of benzene rings is 1. The number of amides is 1. The van der Waals surface area contributed by atoms with Crippen molar-refractivity contribution in [3.63, 3.8) is 0 Å². The number of halogens is 1. The van der Waals surface area contributed by atoms with Crippen molar-refractivity contribution in [3.05, 3.63) is 29.1 Å². The third-order valence-electron chi connectivity index (χ3n) is 5.54. The van der Waals surface area contributed by atoms with Crippen molar-refractivity contribution in [1.29, 1.82) is 0 Å². The van der Waals surface area contributed by atoms with Gasteiger partial charge in [-0.25, -0.2) is 4.98 Å². The Bertz CT molecular complexity index is 796. The van der Waals surface area contributed by atoms with Crippen molar-refractivity contribution in [3.8, 4) is 17.0 Å². The number of nitrogens with one attached hydrogen (secondary N) is 2. The first-order chi connectivity index (χ1) is 12.6. The fraction of sp³-hybridized carbons (Fsp3) is 0.500. The number of nitrogens with zero attached hydrogens (tertiary/aromatic N) is 1. The van der Waals surface area contributed by atoms with Crippen LogP contribution in [0.15, 0.2) is 23.6 Å². The largest absolute Gasteiger partial charge is 0.496 e. The monoisotopic (exact) mass is 407 g/mol. The van der Waals surface area contributed by atoms with E-state index in [1.807, 2.05) is 24.4 Å². The summed E-state index contributed by atoms with van der Waals surface area (Å²) < 4.78 is 5.45. The van der Waals surface area contributed by atoms with Crippen molar-refractivity contribution in [1.82, 2.24) is 10.3 Å². The molecule has 3 unspecified atom stereocenters. The molecule has 1 saturated heterocycles. The molecule has 4 rings (SSSR count). The summed E-state index contributed by atoms with van der Waals surface area (Å²) >= 11 is 1.46. The third kappa shape index (κ3) is 4.28. The van der Waals surface area contributed by atoms with E-state index in [-0.39, 0.29) is 24.4 Å². The first-order valence-corrected chi connectivity index (χ1v) is 10.2. The molecule has 2 aromatic rings. The normalized spacial score (nSPS) is 24.0. The molecule has 0 radical (unpaired) electrons. The van der Waals surface area contributed by atoms with Crippen LogP contribution in [0.25, 0.3) is 11.3 Å². The molecule has 2 fully saturated rings. The average Bonchev–Trinajstić information content (AvgIpc) is 3.28. The minimum atomic E-state index is -0.0936. The number of thiazole rings is 1. The van der Waals surface area contributed by atoms with Crippen LogP contribution >= 0.6 is 23.7 Å². The van der Waals surface area contributed by atoms with E-state index in [0.29, 0.717) is 17.1 Å². The number of hydrogen-bond donors (Lipinski definition) is 2. The van der Waals surface area contributed by atoms with Gasteiger partial charge in [0.05, 0.1) is 18.8 Å². The summed E-state index contributed by atoms with van der Waals surface area (Å²) in [6, 6.07) is 6.45. The second-order valence-electron chi connectivity index (χ2n) is 7.34. The summed E-state index contributed by atoms with van der Waals surface area (Å²) in [6.07, 6.45) is 5.96. The van der Waals surface area contributed by atoms with Crippen LogP contribution < -0.4 is 15.4 Å². The van der Waals surface area contributed by atoms with Gasteiger partial charge in [0.25, 0.3) is 0 Å². The van der Waals surface area contributed by atoms with Crippen LogP contribution in [0.2, 0.25) is 0 Å². The number of anilines is 1. The fourth-order valence-electron chi connectivity index (χ4n) is 4.19. The van der Waals surface area contributed by atoms with E-state index in [9.17, 15) is 4.79 Å². The quantitative estimate of drug-likeness (QED) is 0.788. The number of aryl methyl sites for hydroxylation is 1. The molecule has 5 nitrogen and oxygen atoms in total. The standard InChI is InChI=1S/C20H25N3O2S.ClH/c1-12-7-8-18(25-2)14(9-12)17-11-26-20(22-17)23-19(24)16-10-13-5-3-4-6-15(13)21-16;/h7-9,11,13,15-16,21H,3-6,10H2,1-2H3,(H,22,23,24);1H. The number of ether oxygens (including phenoxy) is 1. The molecule has 1 aliphatic heterocycles. The molecule has 7 heteroatoms. The lowest BCUT2D eigenvalue weighted by Gasteiger charge is -2.24. The van der Waals surface area contributed by atoms with E-state index in [4.69, 9.17) is 4.74 Å². The molecule has 3 atom stereocenters. The first-order valence-electron chi connectivity index (χ1n) is 9.31. The fourth-order valence-corrected chi connectivity index (χ4v) is 4.90. The summed E-state index contributed by atoms with van der Waals surface area (Å²) in [5.74, 6) is 1.49. The summed E-state index contributed by atoms with van der Waals surface area (Å²) in [5.41, 5.74) is 2.94. The van der Waals surface area contributed by atoms with Gasteiger partial charge in [-0.3, -0.25) is 4.79 Å². The SMILES string of the molecule is COc1ccc(C)cc1-c1csc(NC(=O)C2CC3CCCCC3N2)n1.Cl. The Hall–Kier alpha value is -1.63. The molecular weight excluding hydrogens is 382 g/mol. The molecule has 0 spiro atoms. The van der Waals surface area contributed by atoms with Crippen molar-refractivity contribution in [2.24, 2.45) is 5.92 Å². The van der Waals surface area contributed by atoms with Crippen LogP contribution in [0.1, 0.15) is 37.7 Å². The van der Waals surface area contributed by atoms with Gasteiger partial charge in [-0.05, 0) is 44.2 Å². The van der Waals surface area contributed by atoms with E-state index in [1.165, 1.54) is 37.0 Å². The van der Waals surface area contributed by atoms with Gasteiger partial charge in [0.2, 0.25) is 5.91 Å². The van der Waals surface area contributed by atoms with E-state index in [0.717, 1.165) is 29.0 Å². The van der Waals surface area contributed by atoms with Crippen molar-refractivity contribution in [2.75, 3.05) is 12.4 Å². The number of hydrogen-bond acceptors (Lipinski definition) is 5. The number of aromatic nitrogens is 1. The maximum atomic E-state index is 12.6. The van der Waals surface area contributed by atoms with Crippen LogP contribution in [-0.2, 0) is 4.79 Å². The number of rotatable bonds is 4. The average molecular weight is 408 g/mol. The van der Waals surface area contributed by atoms with Gasteiger partial charge >= 0.3 is 0 Å². The maximum Gasteiger partial charge on any atom is 0.243 e. The van der Waals surface area contributed by atoms with Gasteiger partial charge in [0.1, 0.15) is 5.75 Å². The Morgan fingerprint density at radius 3 is 2.93 bits per heavy atom. The predicted octanol–water partition coefficient (Wildman–Crippen LogP) is 4.41. The van der Waals surface area contributed by atoms with Crippen molar-refractivity contribution < 1.29 is 9.53 Å². The lowest BCUT2D eigenvalue weighted by atomic mass is 9.85. The lowest BCUT2D eigenvalue weighted by molar-refractivity contribution is -0.117. The zero-order valence-corrected chi connectivity index (χ0v) is 17.3. The van der Waals surface area contributed by atoms with Crippen LogP contribution in [0, 0.1) is 12.8 Å². The van der Waals surface area contributed by atoms with Crippen LogP contribution in [-0.4, -0.2) is 30.1 Å². The Kier molecular flexibility index (Phi) is 6.40. The van der Waals surface area contributed by atoms with Gasteiger partial charge in [0, 0.05) is 17.0 Å². The van der Waals surface area contributed by atoms with E-state index >= 15 is 0 Å². The Morgan fingerprint density at radius 1 is 1.33 bits per heavy atom. The molecular formula is C20H26ClN3O2S. The first kappa shape index (κ1) is 20.1. The zero-order valence-electron chi connectivity index (χ0n) is 15.7. The van der Waals surface area contributed by atoms with Crippen LogP contribution in [0.3, 0.4) is 0 Å². The molecule has 27 heavy (non-hydrogen) atoms. The molecule has 0 bridgehead atoms. The lowest BCUT2D eigenvalue weighted by Crippen LogP contribution is -2.39. The number of carbonyl (C=O) groups excluding carboxylic acids is 1. The summed E-state index contributed by atoms with van der Waals surface area (Å²) in [6.45, 7) is 2.04. The number of carbonyl (C=O) groups is 1. The van der Waals surface area contributed by atoms with Crippen LogP contribution in [0.5, 0.6) is 5.75 Å².